The summed E-state index contributed by atoms with van der Waals surface area (Å²) in [6.07, 6.45) is -10.6. The fraction of sp³-hybridized carbons (Fsp3) is 0.643. The van der Waals surface area contributed by atoms with Crippen molar-refractivity contribution in [2.24, 2.45) is 0 Å². The van der Waals surface area contributed by atoms with Crippen LogP contribution in [0, 0.1) is 0 Å². The van der Waals surface area contributed by atoms with Crippen molar-refractivity contribution in [2.45, 2.75) is 38.7 Å². The van der Waals surface area contributed by atoms with Crippen LogP contribution in [0.5, 0.6) is 0 Å². The zero-order valence-electron chi connectivity index (χ0n) is 13.1. The molecular weight excluding hydrogens is 326 g/mol. The van der Waals surface area contributed by atoms with E-state index in [9.17, 15) is 31.1 Å². The molecule has 0 N–H and O–H groups in total. The Labute approximate surface area is 129 Å². The average Bonchev–Trinajstić information content (AvgIpc) is 2.32. The van der Waals surface area contributed by atoms with Crippen LogP contribution in [0.1, 0.15) is 36.7 Å². The largest absolute Gasteiger partial charge is 0.431 e. The third-order valence-corrected chi connectivity index (χ3v) is 3.26. The Kier molecular flexibility index (Phi) is 5.56. The minimum Gasteiger partial charge on any atom is -0.309 e. The molecule has 23 heavy (non-hydrogen) atoms. The van der Waals surface area contributed by atoms with Crippen molar-refractivity contribution in [1.29, 1.82) is 0 Å². The highest BCUT2D eigenvalue weighted by molar-refractivity contribution is 5.36. The summed E-state index contributed by atoms with van der Waals surface area (Å²) in [4.78, 5) is 13.3. The zero-order valence-corrected chi connectivity index (χ0v) is 13.1. The summed E-state index contributed by atoms with van der Waals surface area (Å²) < 4.78 is 80.0. The lowest BCUT2D eigenvalue weighted by molar-refractivity contribution is -0.149. The quantitative estimate of drug-likeness (QED) is 0.780. The molecule has 0 aliphatic rings. The smallest absolute Gasteiger partial charge is 0.309 e. The lowest BCUT2D eigenvalue weighted by Crippen LogP contribution is -2.34. The van der Waals surface area contributed by atoms with E-state index >= 15 is 0 Å². The highest BCUT2D eigenvalue weighted by Crippen LogP contribution is 2.39. The van der Waals surface area contributed by atoms with Crippen LogP contribution in [0.25, 0.3) is 0 Å². The first-order chi connectivity index (χ1) is 10.3. The monoisotopic (exact) mass is 344 g/mol. The molecule has 0 fully saturated rings. The highest BCUT2D eigenvalue weighted by atomic mass is 19.4. The molecule has 0 aliphatic heterocycles. The van der Waals surface area contributed by atoms with Crippen LogP contribution >= 0.6 is 0 Å². The van der Waals surface area contributed by atoms with Crippen molar-refractivity contribution < 1.29 is 26.3 Å². The van der Waals surface area contributed by atoms with Crippen molar-refractivity contribution >= 4 is 0 Å². The number of hydrogen-bond donors (Lipinski definition) is 0. The topological polar surface area (TPSA) is 25.2 Å². The third-order valence-electron chi connectivity index (χ3n) is 3.26. The number of hydrogen-bond acceptors (Lipinski definition) is 2. The van der Waals surface area contributed by atoms with Crippen LogP contribution in [-0.4, -0.2) is 30.1 Å². The van der Waals surface area contributed by atoms with Gasteiger partial charge in [0.1, 0.15) is 5.69 Å². The van der Waals surface area contributed by atoms with Gasteiger partial charge in [0.15, 0.2) is 0 Å². The Morgan fingerprint density at radius 3 is 1.96 bits per heavy atom. The summed E-state index contributed by atoms with van der Waals surface area (Å²) in [5.41, 5.74) is -5.25. The van der Waals surface area contributed by atoms with Gasteiger partial charge in [0.05, 0.1) is 5.56 Å². The number of aromatic nitrogens is 1. The zero-order chi connectivity index (χ0) is 18.2. The molecule has 0 bridgehead atoms. The number of halogens is 6. The third kappa shape index (κ3) is 4.49. The maximum absolute atomic E-state index is 13.4. The molecule has 0 amide bonds. The fourth-order valence-corrected chi connectivity index (χ4v) is 2.33. The molecule has 132 valence electrons. The van der Waals surface area contributed by atoms with E-state index in [1.54, 1.807) is 14.1 Å². The molecular formula is C14H18F6N2O. The summed E-state index contributed by atoms with van der Waals surface area (Å²) in [6.45, 7) is 2.63. The lowest BCUT2D eigenvalue weighted by Gasteiger charge is -2.25. The minimum absolute atomic E-state index is 0.0114. The van der Waals surface area contributed by atoms with E-state index in [0.29, 0.717) is 4.57 Å². The van der Waals surface area contributed by atoms with E-state index in [-0.39, 0.29) is 12.6 Å². The second-order valence-electron chi connectivity index (χ2n) is 5.74. The molecule has 0 spiro atoms. The van der Waals surface area contributed by atoms with Gasteiger partial charge in [-0.1, -0.05) is 0 Å². The second-order valence-corrected chi connectivity index (χ2v) is 5.74. The van der Waals surface area contributed by atoms with Gasteiger partial charge in [0, 0.05) is 18.7 Å². The van der Waals surface area contributed by atoms with Crippen molar-refractivity contribution in [1.82, 2.24) is 9.47 Å². The van der Waals surface area contributed by atoms with Crippen LogP contribution < -0.4 is 5.56 Å². The Hall–Kier alpha value is -1.51. The van der Waals surface area contributed by atoms with Gasteiger partial charge in [0.25, 0.3) is 5.56 Å². The van der Waals surface area contributed by atoms with Crippen molar-refractivity contribution in [2.75, 3.05) is 20.6 Å². The lowest BCUT2D eigenvalue weighted by atomic mass is 10.0. The normalized spacial score (nSPS) is 13.2. The van der Waals surface area contributed by atoms with Crippen LogP contribution in [0.2, 0.25) is 0 Å². The molecule has 9 heteroatoms. The molecule has 1 heterocycles. The Morgan fingerprint density at radius 1 is 1.09 bits per heavy atom. The maximum atomic E-state index is 13.4. The Balaban J connectivity index is 3.82. The Bertz CT molecular complexity index is 613. The predicted octanol–water partition coefficient (Wildman–Crippen LogP) is 3.57. The van der Waals surface area contributed by atoms with Crippen molar-refractivity contribution in [3.05, 3.63) is 33.2 Å². The van der Waals surface area contributed by atoms with E-state index in [1.165, 1.54) is 18.7 Å². The SMILES string of the molecule is CC(C)n1c(C(F)(F)F)c(CCN(C)C)c(C(F)(F)F)cc1=O. The molecule has 0 atom stereocenters. The summed E-state index contributed by atoms with van der Waals surface area (Å²) in [5.74, 6) is 0. The predicted molar refractivity (Wildman–Crippen MR) is 73.3 cm³/mol. The van der Waals surface area contributed by atoms with Crippen molar-refractivity contribution in [3.63, 3.8) is 0 Å². The first-order valence-corrected chi connectivity index (χ1v) is 6.84. The van der Waals surface area contributed by atoms with Gasteiger partial charge in [-0.25, -0.2) is 0 Å². The van der Waals surface area contributed by atoms with Gasteiger partial charge in [-0.2, -0.15) is 26.3 Å². The Morgan fingerprint density at radius 2 is 1.61 bits per heavy atom. The molecule has 0 saturated carbocycles. The summed E-state index contributed by atoms with van der Waals surface area (Å²) in [5, 5.41) is 0. The van der Waals surface area contributed by atoms with Gasteiger partial charge < -0.3 is 9.47 Å². The first-order valence-electron chi connectivity index (χ1n) is 6.84. The summed E-state index contributed by atoms with van der Waals surface area (Å²) in [6, 6.07) is -0.667. The van der Waals surface area contributed by atoms with Gasteiger partial charge >= 0.3 is 12.4 Å². The molecule has 1 aromatic rings. The molecule has 0 saturated heterocycles. The maximum Gasteiger partial charge on any atom is 0.431 e. The minimum atomic E-state index is -5.06. The van der Waals surface area contributed by atoms with E-state index in [2.05, 4.69) is 0 Å². The summed E-state index contributed by atoms with van der Waals surface area (Å²) >= 11 is 0. The fourth-order valence-electron chi connectivity index (χ4n) is 2.33. The standard InChI is InChI=1S/C14H18F6N2O/c1-8(2)22-11(23)7-10(13(15,16)17)9(5-6-21(3)4)12(22)14(18,19)20/h7-8H,5-6H2,1-4H3. The molecule has 1 aromatic heterocycles. The molecule has 0 aromatic carbocycles. The molecule has 1 rings (SSSR count). The molecule has 3 nitrogen and oxygen atoms in total. The highest BCUT2D eigenvalue weighted by Gasteiger charge is 2.43. The number of likely N-dealkylation sites (N-methyl/N-ethyl adjacent to an activating group) is 1. The van der Waals surface area contributed by atoms with Crippen LogP contribution in [0.3, 0.4) is 0 Å². The molecule has 0 aliphatic carbocycles. The van der Waals surface area contributed by atoms with E-state index in [0.717, 1.165) is 0 Å². The van der Waals surface area contributed by atoms with Crippen molar-refractivity contribution in [3.8, 4) is 0 Å². The van der Waals surface area contributed by atoms with Crippen LogP contribution in [0.15, 0.2) is 10.9 Å². The van der Waals surface area contributed by atoms with E-state index in [1.807, 2.05) is 0 Å². The van der Waals surface area contributed by atoms with Crippen LogP contribution in [0.4, 0.5) is 26.3 Å². The molecule has 0 unspecified atom stereocenters. The second kappa shape index (κ2) is 6.54. The first kappa shape index (κ1) is 19.5. The van der Waals surface area contributed by atoms with Crippen LogP contribution in [-0.2, 0) is 18.8 Å². The van der Waals surface area contributed by atoms with Gasteiger partial charge in [-0.15, -0.1) is 0 Å². The average molecular weight is 344 g/mol. The number of alkyl halides is 6. The number of nitrogens with zero attached hydrogens (tertiary/aromatic N) is 2. The molecule has 0 radical (unpaired) electrons. The summed E-state index contributed by atoms with van der Waals surface area (Å²) in [7, 11) is 3.08. The number of rotatable bonds is 4. The number of pyridine rings is 1. The van der Waals surface area contributed by atoms with Gasteiger partial charge in [-0.3, -0.25) is 4.79 Å². The van der Waals surface area contributed by atoms with Gasteiger partial charge in [-0.05, 0) is 39.9 Å². The van der Waals surface area contributed by atoms with E-state index < -0.39 is 47.2 Å². The van der Waals surface area contributed by atoms with E-state index in [4.69, 9.17) is 0 Å². The van der Waals surface area contributed by atoms with Gasteiger partial charge in [0.2, 0.25) is 0 Å².